The second-order valence-electron chi connectivity index (χ2n) is 1.93. The monoisotopic (exact) mass is 156 g/mol. The van der Waals surface area contributed by atoms with Crippen LogP contribution in [0.3, 0.4) is 0 Å². The lowest BCUT2D eigenvalue weighted by Gasteiger charge is -1.94. The number of hydrogen-bond acceptors (Lipinski definition) is 3. The minimum Gasteiger partial charge on any atom is -0.455 e. The molecule has 0 saturated carbocycles. The van der Waals surface area contributed by atoms with Gasteiger partial charge in [0.05, 0.1) is 0 Å². The van der Waals surface area contributed by atoms with Gasteiger partial charge in [0.1, 0.15) is 5.76 Å². The maximum absolute atomic E-state index is 10.8. The third-order valence-electron chi connectivity index (χ3n) is 1.07. The van der Waals surface area contributed by atoms with Gasteiger partial charge in [-0.3, -0.25) is 4.79 Å². The van der Waals surface area contributed by atoms with Gasteiger partial charge >= 0.3 is 0 Å². The van der Waals surface area contributed by atoms with Crippen LogP contribution in [0.5, 0.6) is 0 Å². The van der Waals surface area contributed by atoms with Crippen molar-refractivity contribution in [1.29, 1.82) is 0 Å². The highest BCUT2D eigenvalue weighted by atomic mass is 32.2. The van der Waals surface area contributed by atoms with Crippen LogP contribution in [0.15, 0.2) is 26.4 Å². The lowest BCUT2D eigenvalue weighted by Crippen LogP contribution is -1.96. The van der Waals surface area contributed by atoms with Gasteiger partial charge < -0.3 is 4.42 Å². The first-order valence-corrected chi connectivity index (χ1v) is 4.10. The summed E-state index contributed by atoms with van der Waals surface area (Å²) in [6, 6.07) is 2.96. The summed E-state index contributed by atoms with van der Waals surface area (Å²) in [5.41, 5.74) is 0.00750. The Morgan fingerprint density at radius 3 is 2.70 bits per heavy atom. The van der Waals surface area contributed by atoms with Gasteiger partial charge in [-0.25, -0.2) is 0 Å². The van der Waals surface area contributed by atoms with Gasteiger partial charge in [-0.2, -0.15) is 0 Å². The van der Waals surface area contributed by atoms with Gasteiger partial charge in [0.2, 0.25) is 0 Å². The molecule has 10 heavy (non-hydrogen) atoms. The molecule has 0 unspecified atom stereocenters. The first kappa shape index (κ1) is 7.41. The van der Waals surface area contributed by atoms with E-state index in [1.807, 2.05) is 6.26 Å². The van der Waals surface area contributed by atoms with Crippen molar-refractivity contribution in [1.82, 2.24) is 0 Å². The maximum atomic E-state index is 10.8. The van der Waals surface area contributed by atoms with Crippen LogP contribution in [0.1, 0.15) is 5.76 Å². The molecule has 54 valence electrons. The van der Waals surface area contributed by atoms with Crippen molar-refractivity contribution < 1.29 is 4.42 Å². The zero-order valence-corrected chi connectivity index (χ0v) is 6.70. The zero-order valence-electron chi connectivity index (χ0n) is 5.88. The average molecular weight is 156 g/mol. The SMILES string of the molecule is CSc1cc(=O)cc(C)o1. The minimum absolute atomic E-state index is 0.00750. The molecule has 0 fully saturated rings. The Hall–Kier alpha value is -0.700. The van der Waals surface area contributed by atoms with Gasteiger partial charge in [0.15, 0.2) is 10.5 Å². The molecule has 1 rings (SSSR count). The molecule has 1 aromatic heterocycles. The molecule has 0 N–H and O–H groups in total. The lowest BCUT2D eigenvalue weighted by molar-refractivity contribution is 0.427. The van der Waals surface area contributed by atoms with Crippen LogP contribution in [0.2, 0.25) is 0 Å². The van der Waals surface area contributed by atoms with Gasteiger partial charge in [0, 0.05) is 12.1 Å². The molecular formula is C7H8O2S. The van der Waals surface area contributed by atoms with E-state index in [1.54, 1.807) is 6.92 Å². The minimum atomic E-state index is 0.00750. The Balaban J connectivity index is 3.19. The van der Waals surface area contributed by atoms with E-state index in [0.29, 0.717) is 10.9 Å². The lowest BCUT2D eigenvalue weighted by atomic mass is 10.4. The molecule has 0 aliphatic carbocycles. The highest BCUT2D eigenvalue weighted by molar-refractivity contribution is 7.98. The zero-order chi connectivity index (χ0) is 7.56. The molecule has 3 heteroatoms. The van der Waals surface area contributed by atoms with Crippen molar-refractivity contribution in [3.63, 3.8) is 0 Å². The fourth-order valence-corrected chi connectivity index (χ4v) is 1.13. The molecular weight excluding hydrogens is 148 g/mol. The van der Waals surface area contributed by atoms with Gasteiger partial charge in [-0.15, -0.1) is 0 Å². The van der Waals surface area contributed by atoms with E-state index in [9.17, 15) is 4.79 Å². The smallest absolute Gasteiger partial charge is 0.186 e. The summed E-state index contributed by atoms with van der Waals surface area (Å²) in [6.07, 6.45) is 1.87. The molecule has 0 saturated heterocycles. The van der Waals surface area contributed by atoms with Gasteiger partial charge in [-0.05, 0) is 13.2 Å². The quantitative estimate of drug-likeness (QED) is 0.579. The number of rotatable bonds is 1. The topological polar surface area (TPSA) is 30.2 Å². The first-order valence-electron chi connectivity index (χ1n) is 2.88. The van der Waals surface area contributed by atoms with Crippen LogP contribution in [0.4, 0.5) is 0 Å². The van der Waals surface area contributed by atoms with Crippen molar-refractivity contribution in [2.75, 3.05) is 6.26 Å². The van der Waals surface area contributed by atoms with E-state index < -0.39 is 0 Å². The molecule has 1 aromatic rings. The Labute approximate surface area is 63.3 Å². The van der Waals surface area contributed by atoms with Crippen molar-refractivity contribution in [2.24, 2.45) is 0 Å². The standard InChI is InChI=1S/C7H8O2S/c1-5-3-6(8)4-7(9-5)10-2/h3-4H,1-2H3. The third kappa shape index (κ3) is 1.64. The van der Waals surface area contributed by atoms with Crippen molar-refractivity contribution in [2.45, 2.75) is 12.0 Å². The summed E-state index contributed by atoms with van der Waals surface area (Å²) in [6.45, 7) is 1.76. The van der Waals surface area contributed by atoms with Crippen molar-refractivity contribution in [3.05, 3.63) is 28.1 Å². The molecule has 1 heterocycles. The molecule has 0 aromatic carbocycles. The van der Waals surface area contributed by atoms with E-state index in [-0.39, 0.29) is 5.43 Å². The van der Waals surface area contributed by atoms with Gasteiger partial charge in [0.25, 0.3) is 0 Å². The Bertz CT molecular complexity index is 277. The predicted molar refractivity (Wildman–Crippen MR) is 41.5 cm³/mol. The normalized spacial score (nSPS) is 9.80. The fraction of sp³-hybridized carbons (Fsp3) is 0.286. The van der Waals surface area contributed by atoms with E-state index in [2.05, 4.69) is 0 Å². The van der Waals surface area contributed by atoms with E-state index in [0.717, 1.165) is 0 Å². The predicted octanol–water partition coefficient (Wildman–Crippen LogP) is 1.67. The van der Waals surface area contributed by atoms with Crippen LogP contribution in [-0.4, -0.2) is 6.26 Å². The van der Waals surface area contributed by atoms with Crippen LogP contribution in [0, 0.1) is 6.92 Å². The highest BCUT2D eigenvalue weighted by Crippen LogP contribution is 2.12. The summed E-state index contributed by atoms with van der Waals surface area (Å²) >= 11 is 1.43. The second kappa shape index (κ2) is 2.92. The Kier molecular flexibility index (Phi) is 2.17. The largest absolute Gasteiger partial charge is 0.455 e. The van der Waals surface area contributed by atoms with Crippen LogP contribution in [0.25, 0.3) is 0 Å². The Morgan fingerprint density at radius 2 is 2.20 bits per heavy atom. The summed E-state index contributed by atoms with van der Waals surface area (Å²) in [4.78, 5) is 10.8. The fourth-order valence-electron chi connectivity index (χ4n) is 0.676. The maximum Gasteiger partial charge on any atom is 0.186 e. The van der Waals surface area contributed by atoms with Gasteiger partial charge in [-0.1, -0.05) is 11.8 Å². The number of hydrogen-bond donors (Lipinski definition) is 0. The van der Waals surface area contributed by atoms with E-state index >= 15 is 0 Å². The summed E-state index contributed by atoms with van der Waals surface area (Å²) < 4.78 is 5.17. The third-order valence-corrected chi connectivity index (χ3v) is 1.67. The molecule has 0 amide bonds. The van der Waals surface area contributed by atoms with Crippen LogP contribution >= 0.6 is 11.8 Å². The van der Waals surface area contributed by atoms with Crippen molar-refractivity contribution >= 4 is 11.8 Å². The molecule has 0 bridgehead atoms. The summed E-state index contributed by atoms with van der Waals surface area (Å²) in [7, 11) is 0. The summed E-state index contributed by atoms with van der Waals surface area (Å²) in [5.74, 6) is 0.664. The Morgan fingerprint density at radius 1 is 1.50 bits per heavy atom. The van der Waals surface area contributed by atoms with E-state index in [1.165, 1.54) is 23.9 Å². The summed E-state index contributed by atoms with van der Waals surface area (Å²) in [5, 5.41) is 0.671. The first-order chi connectivity index (χ1) is 4.72. The molecule has 2 nitrogen and oxygen atoms in total. The van der Waals surface area contributed by atoms with Crippen molar-refractivity contribution in [3.8, 4) is 0 Å². The number of aryl methyl sites for hydroxylation is 1. The van der Waals surface area contributed by atoms with Crippen LogP contribution in [-0.2, 0) is 0 Å². The number of thioether (sulfide) groups is 1. The highest BCUT2D eigenvalue weighted by Gasteiger charge is 1.94. The molecule has 0 aliphatic rings. The second-order valence-corrected chi connectivity index (χ2v) is 2.74. The average Bonchev–Trinajstić information content (AvgIpc) is 1.85. The molecule has 0 spiro atoms. The molecule has 0 radical (unpaired) electrons. The van der Waals surface area contributed by atoms with Crippen LogP contribution < -0.4 is 5.43 Å². The molecule has 0 aliphatic heterocycles. The molecule has 0 atom stereocenters. The van der Waals surface area contributed by atoms with E-state index in [4.69, 9.17) is 4.42 Å².